The first-order valence-corrected chi connectivity index (χ1v) is 10.3. The first-order chi connectivity index (χ1) is 15.7. The first-order valence-electron chi connectivity index (χ1n) is 10.3. The van der Waals surface area contributed by atoms with Gasteiger partial charge in [-0.2, -0.15) is 0 Å². The summed E-state index contributed by atoms with van der Waals surface area (Å²) in [7, 11) is 1.35. The zero-order valence-corrected chi connectivity index (χ0v) is 17.9. The lowest BCUT2D eigenvalue weighted by Gasteiger charge is -2.34. The van der Waals surface area contributed by atoms with Gasteiger partial charge < -0.3 is 14.6 Å². The minimum absolute atomic E-state index is 0.0751. The molecule has 174 valence electrons. The number of carbonyl (C=O) groups excluding carboxylic acids is 1. The number of rotatable bonds is 5. The van der Waals surface area contributed by atoms with Crippen LogP contribution in [0.2, 0.25) is 0 Å². The Bertz CT molecular complexity index is 1180. The van der Waals surface area contributed by atoms with Crippen molar-refractivity contribution in [2.75, 3.05) is 12.4 Å². The molecule has 1 aliphatic rings. The van der Waals surface area contributed by atoms with Crippen LogP contribution in [-0.4, -0.2) is 29.1 Å². The molecule has 1 saturated carbocycles. The van der Waals surface area contributed by atoms with Crippen LogP contribution in [-0.2, 0) is 0 Å². The van der Waals surface area contributed by atoms with Gasteiger partial charge >= 0.3 is 0 Å². The monoisotopic (exact) mass is 463 g/mol. The summed E-state index contributed by atoms with van der Waals surface area (Å²) in [6.07, 6.45) is 0.830. The number of anilines is 1. The fraction of sp³-hybridized carbons (Fsp3) is 0.348. The van der Waals surface area contributed by atoms with Crippen molar-refractivity contribution < 1.29 is 31.6 Å². The van der Waals surface area contributed by atoms with Gasteiger partial charge in [0.2, 0.25) is 11.7 Å². The average Bonchev–Trinajstić information content (AvgIpc) is 3.25. The van der Waals surface area contributed by atoms with Gasteiger partial charge in [-0.1, -0.05) is 6.92 Å². The van der Waals surface area contributed by atoms with Crippen molar-refractivity contribution in [3.8, 4) is 17.0 Å². The van der Waals surface area contributed by atoms with Crippen molar-refractivity contribution >= 4 is 11.6 Å². The van der Waals surface area contributed by atoms with Gasteiger partial charge in [-0.05, 0) is 41.8 Å². The van der Waals surface area contributed by atoms with Gasteiger partial charge in [0.05, 0.1) is 24.6 Å². The van der Waals surface area contributed by atoms with Gasteiger partial charge in [0.1, 0.15) is 11.6 Å². The van der Waals surface area contributed by atoms with Crippen molar-refractivity contribution in [1.82, 2.24) is 10.1 Å². The molecule has 0 bridgehead atoms. The average molecular weight is 463 g/mol. The van der Waals surface area contributed by atoms with E-state index in [1.54, 1.807) is 6.92 Å². The third-order valence-electron chi connectivity index (χ3n) is 5.84. The Kier molecular flexibility index (Phi) is 6.09. The van der Waals surface area contributed by atoms with Gasteiger partial charge in [0.15, 0.2) is 0 Å². The van der Waals surface area contributed by atoms with E-state index in [4.69, 9.17) is 9.26 Å². The Labute approximate surface area is 186 Å². The topological polar surface area (TPSA) is 77.2 Å². The smallest absolute Gasteiger partial charge is 0.294 e. The van der Waals surface area contributed by atoms with Crippen LogP contribution in [0.4, 0.5) is 23.2 Å². The lowest BCUT2D eigenvalue weighted by Crippen LogP contribution is -2.31. The maximum Gasteiger partial charge on any atom is 0.294 e. The first kappa shape index (κ1) is 22.8. The lowest BCUT2D eigenvalue weighted by molar-refractivity contribution is -0.0558. The number of methoxy groups -OCH3 is 1. The largest absolute Gasteiger partial charge is 0.479 e. The minimum Gasteiger partial charge on any atom is -0.479 e. The van der Waals surface area contributed by atoms with Crippen LogP contribution < -0.4 is 10.1 Å². The maximum absolute atomic E-state index is 14.7. The molecule has 2 unspecified atom stereocenters. The van der Waals surface area contributed by atoms with Crippen LogP contribution in [0.3, 0.4) is 0 Å². The Hall–Kier alpha value is -3.43. The highest BCUT2D eigenvalue weighted by Crippen LogP contribution is 2.47. The maximum atomic E-state index is 14.7. The minimum atomic E-state index is -2.79. The third kappa shape index (κ3) is 4.69. The van der Waals surface area contributed by atoms with Crippen LogP contribution in [0, 0.1) is 17.6 Å². The number of hydrogen-bond donors (Lipinski definition) is 1. The van der Waals surface area contributed by atoms with Crippen molar-refractivity contribution in [3.63, 3.8) is 0 Å². The molecule has 33 heavy (non-hydrogen) atoms. The second kappa shape index (κ2) is 8.84. The zero-order chi connectivity index (χ0) is 23.8. The molecule has 3 aromatic rings. The number of hydrogen-bond acceptors (Lipinski definition) is 5. The molecule has 2 heterocycles. The van der Waals surface area contributed by atoms with Gasteiger partial charge in [0, 0.05) is 36.1 Å². The Morgan fingerprint density at radius 1 is 1.21 bits per heavy atom. The van der Waals surface area contributed by atoms with Crippen LogP contribution in [0.15, 0.2) is 41.1 Å². The molecular formula is C23H21F4N3O3. The number of amides is 1. The summed E-state index contributed by atoms with van der Waals surface area (Å²) >= 11 is 0. The van der Waals surface area contributed by atoms with Crippen molar-refractivity contribution in [3.05, 3.63) is 59.6 Å². The predicted molar refractivity (Wildman–Crippen MR) is 111 cm³/mol. The molecule has 1 fully saturated rings. The molecule has 1 amide bonds. The quantitative estimate of drug-likeness (QED) is 0.483. The molecule has 1 N–H and O–H groups in total. The summed E-state index contributed by atoms with van der Waals surface area (Å²) in [6, 6.07) is 5.64. The fourth-order valence-corrected chi connectivity index (χ4v) is 4.23. The number of alkyl halides is 2. The number of carbonyl (C=O) groups is 1. The van der Waals surface area contributed by atoms with Crippen molar-refractivity contribution in [2.24, 2.45) is 5.92 Å². The molecule has 0 saturated heterocycles. The molecule has 0 aliphatic heterocycles. The van der Waals surface area contributed by atoms with Crippen LogP contribution in [0.1, 0.15) is 48.4 Å². The number of ether oxygens (including phenoxy) is 1. The SMILES string of the molecule is COc1cc(C(=O)Nc2c(-c3cc(F)ccc3F)ccnc2C2CCC(F)(F)CC2C)on1. The molecule has 0 radical (unpaired) electrons. The Balaban J connectivity index is 1.81. The molecule has 2 atom stereocenters. The van der Waals surface area contributed by atoms with E-state index in [1.807, 2.05) is 0 Å². The molecule has 0 spiro atoms. The Morgan fingerprint density at radius 3 is 2.70 bits per heavy atom. The second-order valence-electron chi connectivity index (χ2n) is 8.11. The summed E-state index contributed by atoms with van der Waals surface area (Å²) in [6.45, 7) is 1.68. The van der Waals surface area contributed by atoms with E-state index in [-0.39, 0.29) is 47.7 Å². The number of nitrogens with one attached hydrogen (secondary N) is 1. The predicted octanol–water partition coefficient (Wildman–Crippen LogP) is 5.81. The van der Waals surface area contributed by atoms with Crippen molar-refractivity contribution in [2.45, 2.75) is 38.0 Å². The molecule has 1 aliphatic carbocycles. The highest BCUT2D eigenvalue weighted by molar-refractivity contribution is 6.05. The standard InChI is InChI=1S/C23H21F4N3O3/c1-12-11-23(26,27)7-5-14(12)20-21(29-22(31)18-10-19(32-2)30-33-18)15(6-8-28-20)16-9-13(24)3-4-17(16)25/h3-4,6,8-10,12,14H,5,7,11H2,1-2H3,(H,29,31). The second-order valence-corrected chi connectivity index (χ2v) is 8.11. The Morgan fingerprint density at radius 2 is 2.00 bits per heavy atom. The van der Waals surface area contributed by atoms with E-state index in [9.17, 15) is 22.4 Å². The number of pyridine rings is 1. The number of nitrogens with zero attached hydrogens (tertiary/aromatic N) is 2. The fourth-order valence-electron chi connectivity index (χ4n) is 4.23. The number of benzene rings is 1. The van der Waals surface area contributed by atoms with Gasteiger partial charge in [0.25, 0.3) is 11.8 Å². The van der Waals surface area contributed by atoms with Gasteiger partial charge in [-0.15, -0.1) is 0 Å². The van der Waals surface area contributed by atoms with E-state index in [0.717, 1.165) is 18.2 Å². The zero-order valence-electron chi connectivity index (χ0n) is 17.9. The molecule has 4 rings (SSSR count). The van der Waals surface area contributed by atoms with E-state index < -0.39 is 35.3 Å². The van der Waals surface area contributed by atoms with E-state index in [0.29, 0.717) is 5.69 Å². The van der Waals surface area contributed by atoms with Crippen LogP contribution >= 0.6 is 0 Å². The molecular weight excluding hydrogens is 442 g/mol. The molecule has 6 nitrogen and oxygen atoms in total. The summed E-state index contributed by atoms with van der Waals surface area (Å²) in [5.74, 6) is -5.91. The van der Waals surface area contributed by atoms with E-state index in [1.165, 1.54) is 25.4 Å². The summed E-state index contributed by atoms with van der Waals surface area (Å²) in [5.41, 5.74) is 0.489. The van der Waals surface area contributed by atoms with Crippen LogP contribution in [0.5, 0.6) is 5.88 Å². The van der Waals surface area contributed by atoms with E-state index >= 15 is 0 Å². The summed E-state index contributed by atoms with van der Waals surface area (Å²) in [4.78, 5) is 17.2. The number of aromatic nitrogens is 2. The highest BCUT2D eigenvalue weighted by Gasteiger charge is 2.41. The van der Waals surface area contributed by atoms with Gasteiger partial charge in [-0.25, -0.2) is 17.6 Å². The van der Waals surface area contributed by atoms with Crippen molar-refractivity contribution in [1.29, 1.82) is 0 Å². The number of halogens is 4. The molecule has 2 aromatic heterocycles. The molecule has 10 heteroatoms. The molecule has 1 aromatic carbocycles. The van der Waals surface area contributed by atoms with Gasteiger partial charge in [-0.3, -0.25) is 9.78 Å². The van der Waals surface area contributed by atoms with Crippen LogP contribution in [0.25, 0.3) is 11.1 Å². The highest BCUT2D eigenvalue weighted by atomic mass is 19.3. The summed E-state index contributed by atoms with van der Waals surface area (Å²) < 4.78 is 66.4. The lowest BCUT2D eigenvalue weighted by atomic mass is 9.75. The van der Waals surface area contributed by atoms with E-state index in [2.05, 4.69) is 15.5 Å². The summed E-state index contributed by atoms with van der Waals surface area (Å²) in [5, 5.41) is 6.23. The normalized spacial score (nSPS) is 19.8. The third-order valence-corrected chi connectivity index (χ3v) is 5.84.